The number of carbonyl (C=O) groups is 2. The summed E-state index contributed by atoms with van der Waals surface area (Å²) >= 11 is 0. The van der Waals surface area contributed by atoms with E-state index >= 15 is 0 Å². The van der Waals surface area contributed by atoms with Crippen LogP contribution < -0.4 is 10.6 Å². The van der Waals surface area contributed by atoms with Gasteiger partial charge in [0.15, 0.2) is 0 Å². The van der Waals surface area contributed by atoms with Crippen LogP contribution in [-0.4, -0.2) is 50.3 Å². The Morgan fingerprint density at radius 3 is 2.45 bits per heavy atom. The summed E-state index contributed by atoms with van der Waals surface area (Å²) in [5, 5.41) is 6.38. The van der Waals surface area contributed by atoms with Crippen LogP contribution in [0.5, 0.6) is 0 Å². The molecule has 2 N–H and O–H groups in total. The van der Waals surface area contributed by atoms with Gasteiger partial charge in [0.25, 0.3) is 0 Å². The molecule has 162 valence electrons. The Morgan fingerprint density at radius 1 is 1.10 bits per heavy atom. The molecule has 1 aromatic carbocycles. The van der Waals surface area contributed by atoms with Gasteiger partial charge in [-0.1, -0.05) is 50.6 Å². The number of carbonyl (C=O) groups excluding carboxylic acids is 2. The van der Waals surface area contributed by atoms with Crippen LogP contribution in [0.3, 0.4) is 0 Å². The zero-order chi connectivity index (χ0) is 21.2. The maximum Gasteiger partial charge on any atom is 0.323 e. The van der Waals surface area contributed by atoms with Crippen molar-refractivity contribution in [2.45, 2.75) is 76.6 Å². The Balaban J connectivity index is 1.90. The lowest BCUT2D eigenvalue weighted by atomic mass is 9.83. The third kappa shape index (κ3) is 7.78. The second kappa shape index (κ2) is 11.9. The Bertz CT molecular complexity index is 635. The number of methoxy groups -OCH3 is 1. The third-order valence-electron chi connectivity index (χ3n) is 5.52. The second-order valence-corrected chi connectivity index (χ2v) is 8.26. The minimum Gasteiger partial charge on any atom is -0.468 e. The van der Waals surface area contributed by atoms with Gasteiger partial charge in [-0.3, -0.25) is 9.59 Å². The number of esters is 2. The van der Waals surface area contributed by atoms with Gasteiger partial charge in [-0.2, -0.15) is 0 Å². The molecule has 1 aliphatic rings. The van der Waals surface area contributed by atoms with Gasteiger partial charge in [0.05, 0.1) is 7.11 Å². The first-order valence-corrected chi connectivity index (χ1v) is 10.7. The fourth-order valence-corrected chi connectivity index (χ4v) is 4.07. The Labute approximate surface area is 174 Å². The van der Waals surface area contributed by atoms with Crippen LogP contribution in [0, 0.1) is 5.92 Å². The van der Waals surface area contributed by atoms with E-state index in [0.717, 1.165) is 31.2 Å². The SMILES string of the molecule is CNC(Cc1ccccc1)C(=O)OC1CCCC(CC(NC(C)C)C(=O)OC)C1. The van der Waals surface area contributed by atoms with Crippen molar-refractivity contribution in [1.82, 2.24) is 10.6 Å². The van der Waals surface area contributed by atoms with Gasteiger partial charge in [-0.05, 0) is 50.6 Å². The minimum atomic E-state index is -0.358. The predicted molar refractivity (Wildman–Crippen MR) is 114 cm³/mol. The molecular formula is C23H36N2O4. The summed E-state index contributed by atoms with van der Waals surface area (Å²) in [6, 6.07) is 9.47. The van der Waals surface area contributed by atoms with Crippen LogP contribution in [0.15, 0.2) is 30.3 Å². The molecule has 1 aromatic rings. The summed E-state index contributed by atoms with van der Waals surface area (Å²) in [6.45, 7) is 4.04. The topological polar surface area (TPSA) is 76.7 Å². The van der Waals surface area contributed by atoms with E-state index in [4.69, 9.17) is 9.47 Å². The molecule has 29 heavy (non-hydrogen) atoms. The van der Waals surface area contributed by atoms with Crippen molar-refractivity contribution in [3.05, 3.63) is 35.9 Å². The van der Waals surface area contributed by atoms with Gasteiger partial charge in [-0.25, -0.2) is 0 Å². The minimum absolute atomic E-state index is 0.0924. The van der Waals surface area contributed by atoms with E-state index in [1.807, 2.05) is 44.2 Å². The number of benzene rings is 1. The molecule has 0 saturated heterocycles. The maximum atomic E-state index is 12.7. The van der Waals surface area contributed by atoms with Gasteiger partial charge >= 0.3 is 11.9 Å². The van der Waals surface area contributed by atoms with Crippen molar-refractivity contribution in [3.8, 4) is 0 Å². The fourth-order valence-electron chi connectivity index (χ4n) is 4.07. The molecule has 0 amide bonds. The van der Waals surface area contributed by atoms with E-state index in [2.05, 4.69) is 10.6 Å². The van der Waals surface area contributed by atoms with E-state index in [9.17, 15) is 9.59 Å². The summed E-state index contributed by atoms with van der Waals surface area (Å²) < 4.78 is 10.8. The Hall–Kier alpha value is -1.92. The highest BCUT2D eigenvalue weighted by Gasteiger charge is 2.31. The molecule has 0 aromatic heterocycles. The molecule has 0 spiro atoms. The zero-order valence-corrected chi connectivity index (χ0v) is 18.1. The van der Waals surface area contributed by atoms with Crippen LogP contribution in [0.1, 0.15) is 51.5 Å². The lowest BCUT2D eigenvalue weighted by molar-refractivity contribution is -0.154. The average Bonchev–Trinajstić information content (AvgIpc) is 2.71. The van der Waals surface area contributed by atoms with Gasteiger partial charge < -0.3 is 20.1 Å². The summed E-state index contributed by atoms with van der Waals surface area (Å²) in [7, 11) is 3.21. The molecule has 1 fully saturated rings. The molecule has 0 bridgehead atoms. The Morgan fingerprint density at radius 2 is 1.83 bits per heavy atom. The highest BCUT2D eigenvalue weighted by Crippen LogP contribution is 2.30. The van der Waals surface area contributed by atoms with Crippen molar-refractivity contribution in [2.24, 2.45) is 5.92 Å². The normalized spacial score (nSPS) is 21.4. The molecule has 0 aliphatic heterocycles. The van der Waals surface area contributed by atoms with E-state index in [0.29, 0.717) is 18.8 Å². The monoisotopic (exact) mass is 404 g/mol. The van der Waals surface area contributed by atoms with E-state index in [1.54, 1.807) is 7.05 Å². The molecule has 1 saturated carbocycles. The summed E-state index contributed by atoms with van der Waals surface area (Å²) in [5.41, 5.74) is 1.10. The smallest absolute Gasteiger partial charge is 0.323 e. The van der Waals surface area contributed by atoms with Crippen molar-refractivity contribution in [3.63, 3.8) is 0 Å². The molecule has 0 radical (unpaired) electrons. The Kier molecular flexibility index (Phi) is 9.61. The highest BCUT2D eigenvalue weighted by atomic mass is 16.5. The van der Waals surface area contributed by atoms with Crippen LogP contribution in [0.2, 0.25) is 0 Å². The molecule has 1 aliphatic carbocycles. The van der Waals surface area contributed by atoms with E-state index in [-0.39, 0.29) is 36.2 Å². The molecule has 4 unspecified atom stereocenters. The number of hydrogen-bond acceptors (Lipinski definition) is 6. The zero-order valence-electron chi connectivity index (χ0n) is 18.1. The van der Waals surface area contributed by atoms with Crippen LogP contribution in [0.25, 0.3) is 0 Å². The predicted octanol–water partition coefficient (Wildman–Crippen LogP) is 2.85. The van der Waals surface area contributed by atoms with Crippen LogP contribution in [-0.2, 0) is 25.5 Å². The van der Waals surface area contributed by atoms with Gasteiger partial charge in [0, 0.05) is 6.04 Å². The lowest BCUT2D eigenvalue weighted by Crippen LogP contribution is -2.44. The number of hydrogen-bond donors (Lipinski definition) is 2. The largest absolute Gasteiger partial charge is 0.468 e. The molecule has 4 atom stereocenters. The van der Waals surface area contributed by atoms with E-state index < -0.39 is 0 Å². The standard InChI is InChI=1S/C23H36N2O4/c1-16(2)25-21(22(26)28-4)15-18-11-8-12-19(13-18)29-23(27)20(24-3)14-17-9-6-5-7-10-17/h5-7,9-10,16,18-21,24-25H,8,11-15H2,1-4H3. The number of ether oxygens (including phenoxy) is 2. The summed E-state index contributed by atoms with van der Waals surface area (Å²) in [5.74, 6) is -0.0955. The molecule has 6 heteroatoms. The van der Waals surface area contributed by atoms with Crippen molar-refractivity contribution in [1.29, 1.82) is 0 Å². The second-order valence-electron chi connectivity index (χ2n) is 8.26. The first-order valence-electron chi connectivity index (χ1n) is 10.7. The van der Waals surface area contributed by atoms with Crippen LogP contribution >= 0.6 is 0 Å². The first-order chi connectivity index (χ1) is 13.9. The van der Waals surface area contributed by atoms with Crippen molar-refractivity contribution in [2.75, 3.05) is 14.2 Å². The summed E-state index contributed by atoms with van der Waals surface area (Å²) in [6.07, 6.45) is 4.94. The third-order valence-corrected chi connectivity index (χ3v) is 5.52. The maximum absolute atomic E-state index is 12.7. The van der Waals surface area contributed by atoms with Crippen molar-refractivity contribution >= 4 is 11.9 Å². The number of likely N-dealkylation sites (N-methyl/N-ethyl adjacent to an activating group) is 1. The van der Waals surface area contributed by atoms with Crippen LogP contribution in [0.4, 0.5) is 0 Å². The number of nitrogens with one attached hydrogen (secondary N) is 2. The first kappa shape index (κ1) is 23.4. The molecule has 2 rings (SSSR count). The highest BCUT2D eigenvalue weighted by molar-refractivity contribution is 5.76. The molecule has 0 heterocycles. The van der Waals surface area contributed by atoms with Gasteiger partial charge in [0.1, 0.15) is 18.2 Å². The van der Waals surface area contributed by atoms with Gasteiger partial charge in [0.2, 0.25) is 0 Å². The average molecular weight is 405 g/mol. The summed E-state index contributed by atoms with van der Waals surface area (Å²) in [4.78, 5) is 24.8. The molecular weight excluding hydrogens is 368 g/mol. The van der Waals surface area contributed by atoms with Gasteiger partial charge in [-0.15, -0.1) is 0 Å². The van der Waals surface area contributed by atoms with Crippen molar-refractivity contribution < 1.29 is 19.1 Å². The van der Waals surface area contributed by atoms with E-state index in [1.165, 1.54) is 7.11 Å². The number of rotatable bonds is 10. The molecule has 6 nitrogen and oxygen atoms in total. The quantitative estimate of drug-likeness (QED) is 0.584. The fraction of sp³-hybridized carbons (Fsp3) is 0.652. The lowest BCUT2D eigenvalue weighted by Gasteiger charge is -2.32.